The van der Waals surface area contributed by atoms with Gasteiger partial charge in [0.25, 0.3) is 11.8 Å². The van der Waals surface area contributed by atoms with Crippen LogP contribution in [0.25, 0.3) is 0 Å². The van der Waals surface area contributed by atoms with E-state index in [0.29, 0.717) is 51.6 Å². The van der Waals surface area contributed by atoms with Crippen LogP contribution in [0.5, 0.6) is 0 Å². The second kappa shape index (κ2) is 12.0. The first kappa shape index (κ1) is 25.1. The summed E-state index contributed by atoms with van der Waals surface area (Å²) >= 11 is 0. The molecule has 0 spiro atoms. The van der Waals surface area contributed by atoms with Crippen molar-refractivity contribution in [3.8, 4) is 0 Å². The van der Waals surface area contributed by atoms with Crippen LogP contribution < -0.4 is 11.5 Å². The maximum atomic E-state index is 12.5. The Bertz CT molecular complexity index is 694. The minimum Gasteiger partial charge on any atom is -0.454 e. The van der Waals surface area contributed by atoms with E-state index in [1.807, 2.05) is 0 Å². The molecule has 4 N–H and O–H groups in total. The van der Waals surface area contributed by atoms with E-state index >= 15 is 0 Å². The Morgan fingerprint density at radius 1 is 0.688 bits per heavy atom. The lowest BCUT2D eigenvalue weighted by Crippen LogP contribution is -2.42. The maximum absolute atomic E-state index is 12.5. The zero-order valence-electron chi connectivity index (χ0n) is 18.0. The summed E-state index contributed by atoms with van der Waals surface area (Å²) in [6.07, 6.45) is 3.44. The lowest BCUT2D eigenvalue weighted by atomic mass is 10.1. The lowest BCUT2D eigenvalue weighted by Gasteiger charge is -2.24. The number of likely N-dealkylation sites (tertiary alicyclic amines) is 2. The molecule has 2 fully saturated rings. The van der Waals surface area contributed by atoms with Gasteiger partial charge in [-0.15, -0.1) is 0 Å². The average Bonchev–Trinajstić information content (AvgIpc) is 3.42. The fourth-order valence-corrected chi connectivity index (χ4v) is 3.94. The Morgan fingerprint density at radius 3 is 1.41 bits per heavy atom. The predicted octanol–water partition coefficient (Wildman–Crippen LogP) is -1.41. The van der Waals surface area contributed by atoms with Crippen molar-refractivity contribution in [1.82, 2.24) is 9.80 Å². The molecule has 2 aliphatic rings. The standard InChI is InChI=1S/C20H30N4O8/c21-15(25)11-31-19(29)13-5-3-9-23(13)17(27)7-1-2-8-18(28)24-10-4-6-14(24)20(30)32-12-16(22)26/h13-14H,1-12H2,(H2,21,25)(H2,22,26). The summed E-state index contributed by atoms with van der Waals surface area (Å²) in [4.78, 5) is 73.5. The Hall–Kier alpha value is -3.18. The van der Waals surface area contributed by atoms with Gasteiger partial charge in [-0.25, -0.2) is 9.59 Å². The Labute approximate surface area is 185 Å². The number of amides is 4. The smallest absolute Gasteiger partial charge is 0.329 e. The minimum atomic E-state index is -0.764. The third kappa shape index (κ3) is 7.20. The summed E-state index contributed by atoms with van der Waals surface area (Å²) in [5.41, 5.74) is 9.93. The van der Waals surface area contributed by atoms with Gasteiger partial charge in [0.05, 0.1) is 0 Å². The summed E-state index contributed by atoms with van der Waals surface area (Å²) < 4.78 is 9.64. The number of hydrogen-bond donors (Lipinski definition) is 2. The van der Waals surface area contributed by atoms with Gasteiger partial charge in [-0.1, -0.05) is 0 Å². The molecule has 4 amide bonds. The van der Waals surface area contributed by atoms with E-state index in [2.05, 4.69) is 0 Å². The van der Waals surface area contributed by atoms with Crippen molar-refractivity contribution in [1.29, 1.82) is 0 Å². The highest BCUT2D eigenvalue weighted by atomic mass is 16.5. The van der Waals surface area contributed by atoms with Crippen molar-refractivity contribution in [3.63, 3.8) is 0 Å². The second-order valence-corrected chi connectivity index (χ2v) is 7.85. The average molecular weight is 454 g/mol. The number of carbonyl (C=O) groups is 6. The Balaban J connectivity index is 1.74. The van der Waals surface area contributed by atoms with Crippen LogP contribution >= 0.6 is 0 Å². The minimum absolute atomic E-state index is 0.164. The summed E-state index contributed by atoms with van der Waals surface area (Å²) in [5.74, 6) is -3.25. The molecule has 2 aliphatic heterocycles. The van der Waals surface area contributed by atoms with E-state index in [9.17, 15) is 28.8 Å². The van der Waals surface area contributed by atoms with Crippen LogP contribution in [-0.4, -0.2) is 83.8 Å². The summed E-state index contributed by atoms with van der Waals surface area (Å²) in [5, 5.41) is 0. The van der Waals surface area contributed by atoms with Gasteiger partial charge in [0.2, 0.25) is 11.8 Å². The number of nitrogens with zero attached hydrogens (tertiary/aromatic N) is 2. The van der Waals surface area contributed by atoms with Crippen molar-refractivity contribution < 1.29 is 38.2 Å². The van der Waals surface area contributed by atoms with E-state index in [1.54, 1.807) is 0 Å². The fourth-order valence-electron chi connectivity index (χ4n) is 3.94. The molecule has 12 nitrogen and oxygen atoms in total. The second-order valence-electron chi connectivity index (χ2n) is 7.85. The van der Waals surface area contributed by atoms with E-state index in [0.717, 1.165) is 0 Å². The van der Waals surface area contributed by atoms with Gasteiger partial charge in [0.1, 0.15) is 12.1 Å². The molecule has 0 aromatic heterocycles. The molecule has 0 aliphatic carbocycles. The largest absolute Gasteiger partial charge is 0.454 e. The predicted molar refractivity (Wildman–Crippen MR) is 108 cm³/mol. The molecule has 178 valence electrons. The van der Waals surface area contributed by atoms with Gasteiger partial charge in [-0.2, -0.15) is 0 Å². The van der Waals surface area contributed by atoms with Crippen molar-refractivity contribution in [2.75, 3.05) is 26.3 Å². The van der Waals surface area contributed by atoms with Gasteiger partial charge in [-0.05, 0) is 38.5 Å². The third-order valence-corrected chi connectivity index (χ3v) is 5.44. The molecule has 2 unspecified atom stereocenters. The highest BCUT2D eigenvalue weighted by molar-refractivity contribution is 5.87. The van der Waals surface area contributed by atoms with Gasteiger partial charge < -0.3 is 30.7 Å². The number of ether oxygens (including phenoxy) is 2. The van der Waals surface area contributed by atoms with Crippen molar-refractivity contribution in [2.45, 2.75) is 63.5 Å². The monoisotopic (exact) mass is 454 g/mol. The Kier molecular flexibility index (Phi) is 9.41. The fraction of sp³-hybridized carbons (Fsp3) is 0.700. The number of nitrogens with two attached hydrogens (primary N) is 2. The number of primary amides is 2. The van der Waals surface area contributed by atoms with E-state index < -0.39 is 49.1 Å². The van der Waals surface area contributed by atoms with Crippen LogP contribution in [0.4, 0.5) is 0 Å². The van der Waals surface area contributed by atoms with Crippen LogP contribution in [0.1, 0.15) is 51.4 Å². The first-order valence-corrected chi connectivity index (χ1v) is 10.7. The molecule has 2 rings (SSSR count). The molecule has 0 radical (unpaired) electrons. The third-order valence-electron chi connectivity index (χ3n) is 5.44. The molecule has 0 aromatic rings. The number of hydrogen-bond acceptors (Lipinski definition) is 8. The number of rotatable bonds is 11. The molecule has 2 saturated heterocycles. The molecule has 0 aromatic carbocycles. The maximum Gasteiger partial charge on any atom is 0.329 e. The molecule has 2 heterocycles. The lowest BCUT2D eigenvalue weighted by molar-refractivity contribution is -0.155. The van der Waals surface area contributed by atoms with Gasteiger partial charge in [-0.3, -0.25) is 19.2 Å². The van der Waals surface area contributed by atoms with E-state index in [4.69, 9.17) is 20.9 Å². The van der Waals surface area contributed by atoms with E-state index in [-0.39, 0.29) is 24.7 Å². The zero-order chi connectivity index (χ0) is 23.7. The number of carbonyl (C=O) groups excluding carboxylic acids is 6. The van der Waals surface area contributed by atoms with Crippen LogP contribution in [-0.2, 0) is 38.2 Å². The SMILES string of the molecule is NC(=O)COC(=O)C1CCCN1C(=O)CCCCC(=O)N1CCCC1C(=O)OCC(N)=O. The van der Waals surface area contributed by atoms with Crippen LogP contribution in [0.2, 0.25) is 0 Å². The van der Waals surface area contributed by atoms with Crippen molar-refractivity contribution >= 4 is 35.6 Å². The molecule has 2 atom stereocenters. The van der Waals surface area contributed by atoms with Crippen LogP contribution in [0.3, 0.4) is 0 Å². The molecular weight excluding hydrogens is 424 g/mol. The van der Waals surface area contributed by atoms with Gasteiger partial charge in [0.15, 0.2) is 13.2 Å². The first-order valence-electron chi connectivity index (χ1n) is 10.7. The van der Waals surface area contributed by atoms with E-state index in [1.165, 1.54) is 9.80 Å². The normalized spacial score (nSPS) is 20.1. The van der Waals surface area contributed by atoms with Gasteiger partial charge >= 0.3 is 11.9 Å². The summed E-state index contributed by atoms with van der Waals surface area (Å²) in [6, 6.07) is -1.44. The molecule has 12 heteroatoms. The highest BCUT2D eigenvalue weighted by Crippen LogP contribution is 2.22. The molecular formula is C20H30N4O8. The highest BCUT2D eigenvalue weighted by Gasteiger charge is 2.36. The quantitative estimate of drug-likeness (QED) is 0.282. The number of unbranched alkanes of at least 4 members (excludes halogenated alkanes) is 1. The van der Waals surface area contributed by atoms with Gasteiger partial charge in [0, 0.05) is 25.9 Å². The Morgan fingerprint density at radius 2 is 1.06 bits per heavy atom. The van der Waals surface area contributed by atoms with Crippen molar-refractivity contribution in [2.24, 2.45) is 11.5 Å². The molecule has 0 bridgehead atoms. The van der Waals surface area contributed by atoms with Crippen molar-refractivity contribution in [3.05, 3.63) is 0 Å². The summed E-state index contributed by atoms with van der Waals surface area (Å²) in [7, 11) is 0. The summed E-state index contributed by atoms with van der Waals surface area (Å²) in [6.45, 7) is -0.186. The van der Waals surface area contributed by atoms with Crippen LogP contribution in [0.15, 0.2) is 0 Å². The molecule has 32 heavy (non-hydrogen) atoms. The topological polar surface area (TPSA) is 179 Å². The van der Waals surface area contributed by atoms with Crippen LogP contribution in [0, 0.1) is 0 Å². The number of esters is 2. The first-order chi connectivity index (χ1) is 15.2. The molecule has 0 saturated carbocycles. The zero-order valence-corrected chi connectivity index (χ0v) is 18.0.